The minimum Gasteiger partial charge on any atom is -0.343 e. The first-order valence-corrected chi connectivity index (χ1v) is 29.1. The molecule has 0 bridgehead atoms. The van der Waals surface area contributed by atoms with Crippen molar-refractivity contribution in [3.05, 3.63) is 207 Å². The summed E-state index contributed by atoms with van der Waals surface area (Å²) in [6, 6.07) is 48.5. The summed E-state index contributed by atoms with van der Waals surface area (Å²) < 4.78 is 6.69. The van der Waals surface area contributed by atoms with Gasteiger partial charge in [0.1, 0.15) is 0 Å². The fourth-order valence-electron chi connectivity index (χ4n) is 10.5. The molecule has 1 radical (unpaired) electrons. The number of hydrogen-bond acceptors (Lipinski definition) is 2. The summed E-state index contributed by atoms with van der Waals surface area (Å²) in [4.78, 5) is 4.50. The Morgan fingerprint density at radius 1 is 0.614 bits per heavy atom. The number of rotatable bonds is 9. The molecule has 0 aliphatic heterocycles. The second-order valence-corrected chi connectivity index (χ2v) is 26.8. The van der Waals surface area contributed by atoms with Gasteiger partial charge in [0.25, 0.3) is 0 Å². The third-order valence-corrected chi connectivity index (χ3v) is 17.2. The molecule has 1 saturated carbocycles. The summed E-state index contributed by atoms with van der Waals surface area (Å²) in [6.45, 7) is 24.8. The van der Waals surface area contributed by atoms with Crippen LogP contribution in [0, 0.1) is 47.7 Å². The molecule has 4 aromatic heterocycles. The van der Waals surface area contributed by atoms with Gasteiger partial charge in [-0.25, -0.2) is 0 Å². The van der Waals surface area contributed by atoms with Crippen LogP contribution in [0.3, 0.4) is 0 Å². The fourth-order valence-corrected chi connectivity index (χ4v) is 13.6. The Bertz CT molecular complexity index is 3290. The second-order valence-electron chi connectivity index (χ2n) is 20.8. The van der Waals surface area contributed by atoms with E-state index in [4.69, 9.17) is 0 Å². The van der Waals surface area contributed by atoms with Crippen LogP contribution < -0.4 is 14.3 Å². The molecule has 4 heterocycles. The topological polar surface area (TPSA) is 20.6 Å². The standard InChI is InChI=1S/C37H32NS.C27H35N2Si.Ir/c1-25-18-19-31-33-23-30(27-14-8-4-9-15-27)22-32(28-16-10-5-11-17-28)36(33)39-37(31)35(25)34-24-29(20-21-38(34)2)26-12-6-3-7-13-26;1-18(2)12-24-16-26(29(6)17-27(24)30(7,8)9)25-11-10-22(13-19(25)3)23-14-20(4)28-21(5)15-23;/h4-5,8-11,14-24,26H,1-3,6-7,12-13H2;10-11,13-18H,3,6,12H2,1-2,4-5,7-9H3;/q2*-1;. The van der Waals surface area contributed by atoms with E-state index in [0.717, 1.165) is 45.9 Å². The minimum atomic E-state index is -1.46. The van der Waals surface area contributed by atoms with Crippen LogP contribution in [-0.2, 0) is 26.5 Å². The number of benzene rings is 5. The molecule has 0 unspecified atom stereocenters. The van der Waals surface area contributed by atoms with Crippen molar-refractivity contribution >= 4 is 44.8 Å². The summed E-state index contributed by atoms with van der Waals surface area (Å²) >= 11 is 1.89. The Kier molecular flexibility index (Phi) is 15.3. The van der Waals surface area contributed by atoms with E-state index in [-0.39, 0.29) is 20.1 Å². The maximum atomic E-state index is 4.51. The van der Waals surface area contributed by atoms with Gasteiger partial charge in [-0.15, -0.1) is 29.0 Å². The molecule has 6 heteroatoms. The first-order valence-electron chi connectivity index (χ1n) is 24.8. The Morgan fingerprint density at radius 2 is 1.27 bits per heavy atom. The van der Waals surface area contributed by atoms with Crippen molar-refractivity contribution in [2.45, 2.75) is 91.8 Å². The number of hydrogen-bond donors (Lipinski definition) is 0. The van der Waals surface area contributed by atoms with Crippen LogP contribution in [0.25, 0.3) is 76.1 Å². The zero-order valence-electron chi connectivity index (χ0n) is 42.2. The monoisotopic (exact) mass is 1130 g/mol. The molecule has 0 amide bonds. The van der Waals surface area contributed by atoms with E-state index in [2.05, 4.69) is 212 Å². The van der Waals surface area contributed by atoms with Crippen LogP contribution in [0.5, 0.6) is 0 Å². The molecule has 0 spiro atoms. The van der Waals surface area contributed by atoms with Crippen LogP contribution in [0.2, 0.25) is 19.6 Å². The largest absolute Gasteiger partial charge is 0.343 e. The Labute approximate surface area is 437 Å². The van der Waals surface area contributed by atoms with Gasteiger partial charge in [-0.3, -0.25) is 4.98 Å². The molecule has 0 atom stereocenters. The third-order valence-electron chi connectivity index (χ3n) is 13.9. The predicted molar refractivity (Wildman–Crippen MR) is 298 cm³/mol. The molecule has 1 fully saturated rings. The van der Waals surface area contributed by atoms with E-state index >= 15 is 0 Å². The van der Waals surface area contributed by atoms with Crippen molar-refractivity contribution in [3.8, 4) is 55.9 Å². The Balaban J connectivity index is 0.000000193. The van der Waals surface area contributed by atoms with Crippen LogP contribution >= 0.6 is 11.3 Å². The zero-order valence-corrected chi connectivity index (χ0v) is 46.4. The van der Waals surface area contributed by atoms with E-state index in [0.29, 0.717) is 11.8 Å². The van der Waals surface area contributed by atoms with E-state index in [1.165, 1.54) is 108 Å². The molecule has 0 saturated heterocycles. The molecular formula is C64H67IrN3SSi-2. The van der Waals surface area contributed by atoms with Crippen LogP contribution in [0.1, 0.15) is 85.5 Å². The van der Waals surface area contributed by atoms with Gasteiger partial charge in [0.15, 0.2) is 0 Å². The van der Waals surface area contributed by atoms with Crippen molar-refractivity contribution in [1.82, 2.24) is 4.98 Å². The van der Waals surface area contributed by atoms with E-state index < -0.39 is 8.07 Å². The van der Waals surface area contributed by atoms with Gasteiger partial charge in [-0.05, 0) is 112 Å². The molecule has 3 nitrogen and oxygen atoms in total. The van der Waals surface area contributed by atoms with Crippen molar-refractivity contribution in [2.75, 3.05) is 0 Å². The summed E-state index contributed by atoms with van der Waals surface area (Å²) in [5, 5.41) is 4.09. The van der Waals surface area contributed by atoms with Crippen molar-refractivity contribution in [2.24, 2.45) is 5.92 Å². The summed E-state index contributed by atoms with van der Waals surface area (Å²) in [7, 11) is 7.28. The normalized spacial score (nSPS) is 13.0. The van der Waals surface area contributed by atoms with Crippen LogP contribution in [0.4, 0.5) is 0 Å². The minimum absolute atomic E-state index is 0. The SMILES string of the molecule is [CH2-]c1cc(-c2cc(C)nc(C)c2)ccc1-c1cc(CC(C)C)c([Si](C)(C)C)c[n+]1[CH2-].[CH2-]c1ccc2c(sc3c(-c4ccccc4)cc(-c4ccccc4)cc32)c1-c1cc(C2CCCCC2)cc[n+]1[CH2-].[Ir]. The smallest absolute Gasteiger partial charge is 0.0709 e. The summed E-state index contributed by atoms with van der Waals surface area (Å²) in [6.07, 6.45) is 12.1. The zero-order chi connectivity index (χ0) is 48.6. The summed E-state index contributed by atoms with van der Waals surface area (Å²) in [5.74, 6) is 1.26. The van der Waals surface area contributed by atoms with E-state index in [9.17, 15) is 0 Å². The number of fused-ring (bicyclic) bond motifs is 3. The predicted octanol–water partition coefficient (Wildman–Crippen LogP) is 16.1. The molecule has 1 aliphatic rings. The van der Waals surface area contributed by atoms with Crippen molar-refractivity contribution < 1.29 is 29.2 Å². The van der Waals surface area contributed by atoms with Crippen molar-refractivity contribution in [3.63, 3.8) is 0 Å². The number of thiophene rings is 1. The van der Waals surface area contributed by atoms with Crippen molar-refractivity contribution in [1.29, 1.82) is 0 Å². The van der Waals surface area contributed by atoms with Gasteiger partial charge in [0, 0.05) is 55.9 Å². The maximum absolute atomic E-state index is 4.51. The first kappa shape index (κ1) is 50.5. The van der Waals surface area contributed by atoms with E-state index in [1.807, 2.05) is 34.3 Å². The molecule has 359 valence electrons. The number of pyridine rings is 3. The molecule has 5 aromatic carbocycles. The van der Waals surface area contributed by atoms with Gasteiger partial charge in [0.2, 0.25) is 0 Å². The average molecular weight is 1130 g/mol. The second kappa shape index (κ2) is 21.2. The van der Waals surface area contributed by atoms with Crippen LogP contribution in [0.15, 0.2) is 146 Å². The van der Waals surface area contributed by atoms with Gasteiger partial charge >= 0.3 is 0 Å². The quantitative estimate of drug-likeness (QED) is 0.0801. The number of nitrogens with zero attached hydrogens (tertiary/aromatic N) is 3. The first-order chi connectivity index (χ1) is 33.1. The molecular weight excluding hydrogens is 1060 g/mol. The molecule has 9 aromatic rings. The molecule has 10 rings (SSSR count). The van der Waals surface area contributed by atoms with Gasteiger partial charge < -0.3 is 9.13 Å². The Hall–Kier alpha value is -5.88. The Morgan fingerprint density at radius 3 is 1.91 bits per heavy atom. The summed E-state index contributed by atoms with van der Waals surface area (Å²) in [5.41, 5.74) is 19.1. The average Bonchev–Trinajstić information content (AvgIpc) is 3.71. The third kappa shape index (κ3) is 10.7. The number of aromatic nitrogens is 3. The van der Waals surface area contributed by atoms with E-state index in [1.54, 1.807) is 0 Å². The molecule has 70 heavy (non-hydrogen) atoms. The molecule has 0 N–H and O–H groups in total. The fraction of sp³-hybridized carbons (Fsp3) is 0.234. The van der Waals surface area contributed by atoms with Gasteiger partial charge in [-0.1, -0.05) is 160 Å². The number of aryl methyl sites for hydroxylation is 2. The van der Waals surface area contributed by atoms with Crippen LogP contribution in [-0.4, -0.2) is 13.1 Å². The van der Waals surface area contributed by atoms with Gasteiger partial charge in [-0.2, -0.15) is 37.1 Å². The molecule has 1 aliphatic carbocycles. The van der Waals surface area contributed by atoms with Gasteiger partial charge in [0.05, 0.1) is 31.9 Å². The maximum Gasteiger partial charge on any atom is 0.0709 e.